The zero-order valence-electron chi connectivity index (χ0n) is 15.8. The summed E-state index contributed by atoms with van der Waals surface area (Å²) >= 11 is 12.7. The lowest BCUT2D eigenvalue weighted by Gasteiger charge is -2.15. The summed E-state index contributed by atoms with van der Waals surface area (Å²) in [6, 6.07) is 7.20. The monoisotopic (exact) mass is 448 g/mol. The molecule has 0 saturated heterocycles. The van der Waals surface area contributed by atoms with E-state index in [4.69, 9.17) is 28.5 Å². The molecule has 0 spiro atoms. The Morgan fingerprint density at radius 1 is 1.27 bits per heavy atom. The fourth-order valence-corrected chi connectivity index (χ4v) is 3.64. The van der Waals surface area contributed by atoms with Gasteiger partial charge in [0.25, 0.3) is 5.56 Å². The summed E-state index contributed by atoms with van der Waals surface area (Å²) in [5.41, 5.74) is -1.26. The van der Waals surface area contributed by atoms with E-state index in [9.17, 15) is 19.1 Å². The third kappa shape index (κ3) is 3.95. The highest BCUT2D eigenvalue weighted by Crippen LogP contribution is 2.34. The van der Waals surface area contributed by atoms with Crippen LogP contribution in [0.4, 0.5) is 4.39 Å². The summed E-state index contributed by atoms with van der Waals surface area (Å²) in [5.74, 6) is -0.903. The Balaban J connectivity index is 2.08. The molecular formula is C20H15Cl2FN4O3. The van der Waals surface area contributed by atoms with Gasteiger partial charge in [0.2, 0.25) is 5.69 Å². The smallest absolute Gasteiger partial charge is 0.349 e. The van der Waals surface area contributed by atoms with Crippen LogP contribution in [0.25, 0.3) is 5.69 Å². The van der Waals surface area contributed by atoms with E-state index in [0.29, 0.717) is 11.1 Å². The normalized spacial score (nSPS) is 11.0. The van der Waals surface area contributed by atoms with Crippen LogP contribution in [0.3, 0.4) is 0 Å². The van der Waals surface area contributed by atoms with Crippen LogP contribution in [-0.4, -0.2) is 19.9 Å². The van der Waals surface area contributed by atoms with E-state index in [-0.39, 0.29) is 39.4 Å². The van der Waals surface area contributed by atoms with Crippen molar-refractivity contribution in [3.63, 3.8) is 0 Å². The van der Waals surface area contributed by atoms with Crippen LogP contribution < -0.4 is 11.2 Å². The fourth-order valence-electron chi connectivity index (χ4n) is 3.03. The number of phenols is 1. The van der Waals surface area contributed by atoms with Gasteiger partial charge in [-0.1, -0.05) is 43.1 Å². The zero-order chi connectivity index (χ0) is 22.2. The van der Waals surface area contributed by atoms with Crippen molar-refractivity contribution >= 4 is 23.2 Å². The Morgan fingerprint density at radius 3 is 2.47 bits per heavy atom. The highest BCUT2D eigenvalue weighted by molar-refractivity contribution is 6.36. The third-order valence-corrected chi connectivity index (χ3v) is 5.16. The predicted molar refractivity (Wildman–Crippen MR) is 110 cm³/mol. The molecule has 2 aromatic carbocycles. The van der Waals surface area contributed by atoms with Crippen LogP contribution in [0.5, 0.6) is 5.75 Å². The third-order valence-electron chi connectivity index (χ3n) is 4.49. The first-order chi connectivity index (χ1) is 14.1. The Morgan fingerprint density at radius 2 is 1.90 bits per heavy atom. The number of rotatable bonds is 4. The highest BCUT2D eigenvalue weighted by Gasteiger charge is 2.19. The van der Waals surface area contributed by atoms with Gasteiger partial charge in [0.05, 0.1) is 5.69 Å². The van der Waals surface area contributed by atoms with Crippen molar-refractivity contribution in [1.82, 2.24) is 14.8 Å². The molecule has 0 atom stereocenters. The van der Waals surface area contributed by atoms with Gasteiger partial charge in [0.15, 0.2) is 0 Å². The van der Waals surface area contributed by atoms with Gasteiger partial charge < -0.3 is 5.11 Å². The molecule has 0 fully saturated rings. The minimum absolute atomic E-state index is 0.0428. The molecule has 0 amide bonds. The molecule has 1 aromatic heterocycles. The molecule has 1 heterocycles. The summed E-state index contributed by atoms with van der Waals surface area (Å²) < 4.78 is 15.7. The molecule has 7 nitrogen and oxygen atoms in total. The topological polar surface area (TPSA) is 112 Å². The van der Waals surface area contributed by atoms with Crippen molar-refractivity contribution in [2.24, 2.45) is 0 Å². The molecule has 0 aliphatic carbocycles. The van der Waals surface area contributed by atoms with E-state index < -0.39 is 22.8 Å². The number of phenolic OH excluding ortho intramolecular Hbond substituents is 1. The van der Waals surface area contributed by atoms with E-state index in [0.717, 1.165) is 4.68 Å². The first-order valence-corrected chi connectivity index (χ1v) is 9.52. The van der Waals surface area contributed by atoms with Gasteiger partial charge in [-0.3, -0.25) is 9.78 Å². The zero-order valence-corrected chi connectivity index (χ0v) is 17.3. The van der Waals surface area contributed by atoms with Gasteiger partial charge >= 0.3 is 5.69 Å². The minimum atomic E-state index is -0.906. The van der Waals surface area contributed by atoms with Crippen LogP contribution in [0.2, 0.25) is 10.0 Å². The predicted octanol–water partition coefficient (Wildman–Crippen LogP) is 3.66. The molecule has 0 radical (unpaired) electrons. The summed E-state index contributed by atoms with van der Waals surface area (Å²) in [5, 5.41) is 22.9. The first kappa shape index (κ1) is 21.6. The number of aromatic amines is 1. The number of nitriles is 1. The maximum Gasteiger partial charge on any atom is 0.349 e. The summed E-state index contributed by atoms with van der Waals surface area (Å²) in [6.07, 6.45) is 0.0428. The molecule has 30 heavy (non-hydrogen) atoms. The molecule has 0 unspecified atom stereocenters. The maximum absolute atomic E-state index is 14.9. The number of aromatic nitrogens is 3. The number of benzene rings is 2. The van der Waals surface area contributed by atoms with Gasteiger partial charge in [-0.25, -0.2) is 9.18 Å². The second-order valence-electron chi connectivity index (χ2n) is 6.82. The van der Waals surface area contributed by atoms with E-state index in [1.807, 2.05) is 4.98 Å². The number of H-pyrrole nitrogens is 1. The Kier molecular flexibility index (Phi) is 5.97. The van der Waals surface area contributed by atoms with Crippen LogP contribution in [0.1, 0.15) is 42.1 Å². The number of hydrogen-bond acceptors (Lipinski definition) is 5. The van der Waals surface area contributed by atoms with E-state index in [1.165, 1.54) is 24.3 Å². The number of nitrogens with zero attached hydrogens (tertiary/aromatic N) is 3. The molecule has 0 aliphatic rings. The number of halogens is 3. The Hall–Kier alpha value is -3.15. The summed E-state index contributed by atoms with van der Waals surface area (Å²) in [7, 11) is 0. The molecule has 0 aliphatic heterocycles. The molecule has 2 N–H and O–H groups in total. The molecular weight excluding hydrogens is 434 g/mol. The van der Waals surface area contributed by atoms with E-state index >= 15 is 0 Å². The number of hydrogen-bond donors (Lipinski definition) is 2. The van der Waals surface area contributed by atoms with Gasteiger partial charge in [0.1, 0.15) is 17.6 Å². The minimum Gasteiger partial charge on any atom is -0.508 e. The average molecular weight is 449 g/mol. The lowest BCUT2D eigenvalue weighted by Crippen LogP contribution is -2.33. The SMILES string of the molecule is CC(C)c1c(O)ccc(Cc2c(Cl)cc(-n3nc(C#N)c(=O)[nH]c3=O)cc2Cl)c1F. The van der Waals surface area contributed by atoms with Crippen molar-refractivity contribution in [1.29, 1.82) is 5.26 Å². The Labute approximate surface area is 179 Å². The lowest BCUT2D eigenvalue weighted by atomic mass is 9.95. The average Bonchev–Trinajstić information content (AvgIpc) is 2.66. The van der Waals surface area contributed by atoms with E-state index in [1.54, 1.807) is 19.9 Å². The quantitative estimate of drug-likeness (QED) is 0.632. The number of nitrogens with one attached hydrogen (secondary N) is 1. The van der Waals surface area contributed by atoms with Crippen LogP contribution in [-0.2, 0) is 6.42 Å². The van der Waals surface area contributed by atoms with Crippen molar-refractivity contribution in [3.05, 3.63) is 83.4 Å². The second-order valence-corrected chi connectivity index (χ2v) is 7.64. The van der Waals surface area contributed by atoms with Crippen molar-refractivity contribution in [2.75, 3.05) is 0 Å². The van der Waals surface area contributed by atoms with Crippen LogP contribution in [0.15, 0.2) is 33.9 Å². The summed E-state index contributed by atoms with van der Waals surface area (Å²) in [6.45, 7) is 3.53. The second kappa shape index (κ2) is 8.30. The van der Waals surface area contributed by atoms with Crippen molar-refractivity contribution < 1.29 is 9.50 Å². The fraction of sp³-hybridized carbons (Fsp3) is 0.200. The van der Waals surface area contributed by atoms with Gasteiger partial charge in [-0.05, 0) is 35.2 Å². The van der Waals surface area contributed by atoms with Crippen molar-refractivity contribution in [2.45, 2.75) is 26.2 Å². The molecule has 0 saturated carbocycles. The Bertz CT molecular complexity index is 1290. The van der Waals surface area contributed by atoms with Crippen LogP contribution >= 0.6 is 23.2 Å². The highest BCUT2D eigenvalue weighted by atomic mass is 35.5. The van der Waals surface area contributed by atoms with E-state index in [2.05, 4.69) is 5.10 Å². The summed E-state index contributed by atoms with van der Waals surface area (Å²) in [4.78, 5) is 25.6. The van der Waals surface area contributed by atoms with Gasteiger partial charge in [0, 0.05) is 22.0 Å². The first-order valence-electron chi connectivity index (χ1n) is 8.76. The maximum atomic E-state index is 14.9. The molecule has 0 bridgehead atoms. The molecule has 10 heteroatoms. The molecule has 3 rings (SSSR count). The van der Waals surface area contributed by atoms with Gasteiger partial charge in [-0.2, -0.15) is 9.94 Å². The van der Waals surface area contributed by atoms with Crippen LogP contribution in [0, 0.1) is 17.1 Å². The largest absolute Gasteiger partial charge is 0.508 e. The van der Waals surface area contributed by atoms with Crippen molar-refractivity contribution in [3.8, 4) is 17.5 Å². The molecule has 3 aromatic rings. The van der Waals surface area contributed by atoms with Gasteiger partial charge in [-0.15, -0.1) is 5.10 Å². The standard InChI is InChI=1S/C20H15Cl2FN4O3/c1-9(2)17-16(28)4-3-10(18(17)23)5-12-13(21)6-11(7-14(12)22)27-20(30)25-19(29)15(8-24)26-27/h3-4,6-7,9,28H,5H2,1-2H3,(H,25,29,30). The number of aromatic hydroxyl groups is 1. The molecule has 154 valence electrons. The lowest BCUT2D eigenvalue weighted by molar-refractivity contribution is 0.452.